The minimum Gasteiger partial charge on any atom is -0.488 e. The number of rotatable bonds is 5. The Bertz CT molecular complexity index is 607. The van der Waals surface area contributed by atoms with Crippen LogP contribution < -0.4 is 10.1 Å². The Morgan fingerprint density at radius 3 is 2.67 bits per heavy atom. The van der Waals surface area contributed by atoms with Gasteiger partial charge in [-0.1, -0.05) is 0 Å². The van der Waals surface area contributed by atoms with Gasteiger partial charge in [-0.05, 0) is 65.8 Å². The molecule has 1 aromatic heterocycles. The first kappa shape index (κ1) is 16.5. The van der Waals surface area contributed by atoms with E-state index in [0.29, 0.717) is 18.9 Å². The fraction of sp³-hybridized carbons (Fsp3) is 0.375. The molecule has 0 saturated heterocycles. The predicted octanol–water partition coefficient (Wildman–Crippen LogP) is 5.12. The molecule has 0 saturated carbocycles. The van der Waals surface area contributed by atoms with Crippen molar-refractivity contribution in [3.63, 3.8) is 0 Å². The van der Waals surface area contributed by atoms with Crippen LogP contribution in [0.5, 0.6) is 5.75 Å². The van der Waals surface area contributed by atoms with Crippen LogP contribution in [-0.2, 0) is 13.2 Å². The normalized spacial score (nSPS) is 11.7. The molecular weight excluding hydrogens is 353 g/mol. The Morgan fingerprint density at radius 2 is 2.05 bits per heavy atom. The van der Waals surface area contributed by atoms with Gasteiger partial charge in [-0.15, -0.1) is 11.3 Å². The lowest BCUT2D eigenvalue weighted by molar-refractivity contribution is 0.306. The lowest BCUT2D eigenvalue weighted by Gasteiger charge is -2.20. The number of halogens is 2. The van der Waals surface area contributed by atoms with E-state index >= 15 is 0 Å². The molecule has 0 fully saturated rings. The van der Waals surface area contributed by atoms with Crippen molar-refractivity contribution in [3.05, 3.63) is 50.4 Å². The molecule has 5 heteroatoms. The minimum absolute atomic E-state index is 0.00479. The van der Waals surface area contributed by atoms with Crippen LogP contribution in [0.25, 0.3) is 0 Å². The van der Waals surface area contributed by atoms with Crippen LogP contribution >= 0.6 is 27.3 Å². The maximum absolute atomic E-state index is 13.7. The average molecular weight is 372 g/mol. The van der Waals surface area contributed by atoms with Crippen molar-refractivity contribution >= 4 is 27.3 Å². The standard InChI is InChI=1S/C16H19BrFNOS/c1-16(2,3)19-9-11-6-12(18)8-13(7-11)20-10-15-14(17)4-5-21-15/h4-8,19H,9-10H2,1-3H3. The van der Waals surface area contributed by atoms with Crippen LogP contribution in [0.1, 0.15) is 31.2 Å². The Balaban J connectivity index is 2.03. The van der Waals surface area contributed by atoms with Gasteiger partial charge in [-0.2, -0.15) is 0 Å². The van der Waals surface area contributed by atoms with Crippen LogP contribution in [0.15, 0.2) is 34.1 Å². The van der Waals surface area contributed by atoms with Gasteiger partial charge in [0.2, 0.25) is 0 Å². The molecule has 2 aromatic rings. The highest BCUT2D eigenvalue weighted by atomic mass is 79.9. The third-order valence-electron chi connectivity index (χ3n) is 2.81. The molecule has 0 aliphatic heterocycles. The van der Waals surface area contributed by atoms with E-state index < -0.39 is 0 Å². The molecule has 0 amide bonds. The monoisotopic (exact) mass is 371 g/mol. The lowest BCUT2D eigenvalue weighted by Crippen LogP contribution is -2.35. The summed E-state index contributed by atoms with van der Waals surface area (Å²) in [5.41, 5.74) is 0.875. The van der Waals surface area contributed by atoms with Gasteiger partial charge < -0.3 is 10.1 Å². The number of nitrogens with one attached hydrogen (secondary N) is 1. The zero-order valence-electron chi connectivity index (χ0n) is 12.4. The third-order valence-corrected chi connectivity index (χ3v) is 4.71. The van der Waals surface area contributed by atoms with Crippen LogP contribution in [0.2, 0.25) is 0 Å². The average Bonchev–Trinajstić information content (AvgIpc) is 2.78. The van der Waals surface area contributed by atoms with E-state index in [0.717, 1.165) is 14.9 Å². The molecule has 1 aromatic carbocycles. The van der Waals surface area contributed by atoms with Gasteiger partial charge in [-0.25, -0.2) is 4.39 Å². The van der Waals surface area contributed by atoms with E-state index in [9.17, 15) is 4.39 Å². The molecule has 1 N–H and O–H groups in total. The van der Waals surface area contributed by atoms with E-state index in [4.69, 9.17) is 4.74 Å². The first-order chi connectivity index (χ1) is 9.83. The fourth-order valence-electron chi connectivity index (χ4n) is 1.75. The second kappa shape index (κ2) is 6.90. The number of thiophene rings is 1. The first-order valence-electron chi connectivity index (χ1n) is 6.73. The number of hydrogen-bond donors (Lipinski definition) is 1. The molecule has 0 aliphatic carbocycles. The number of ether oxygens (including phenoxy) is 1. The van der Waals surface area contributed by atoms with E-state index in [-0.39, 0.29) is 11.4 Å². The van der Waals surface area contributed by atoms with Crippen LogP contribution in [0.4, 0.5) is 4.39 Å². The second-order valence-electron chi connectivity index (χ2n) is 5.88. The van der Waals surface area contributed by atoms with Crippen molar-refractivity contribution in [2.45, 2.75) is 39.5 Å². The highest BCUT2D eigenvalue weighted by Crippen LogP contribution is 2.25. The quantitative estimate of drug-likeness (QED) is 0.787. The van der Waals surface area contributed by atoms with Gasteiger partial charge in [-0.3, -0.25) is 0 Å². The molecule has 0 unspecified atom stereocenters. The van der Waals surface area contributed by atoms with Gasteiger partial charge in [0.05, 0.1) is 4.88 Å². The van der Waals surface area contributed by atoms with Crippen molar-refractivity contribution in [3.8, 4) is 5.75 Å². The SMILES string of the molecule is CC(C)(C)NCc1cc(F)cc(OCc2sccc2Br)c1. The van der Waals surface area contributed by atoms with Crippen LogP contribution in [-0.4, -0.2) is 5.54 Å². The van der Waals surface area contributed by atoms with Crippen molar-refractivity contribution in [2.75, 3.05) is 0 Å². The highest BCUT2D eigenvalue weighted by Gasteiger charge is 2.10. The summed E-state index contributed by atoms with van der Waals surface area (Å²) < 4.78 is 20.4. The molecule has 114 valence electrons. The molecule has 0 atom stereocenters. The molecule has 0 bridgehead atoms. The zero-order chi connectivity index (χ0) is 15.5. The summed E-state index contributed by atoms with van der Waals surface area (Å²) in [6.45, 7) is 7.29. The van der Waals surface area contributed by atoms with E-state index in [1.807, 2.05) is 17.5 Å². The summed E-state index contributed by atoms with van der Waals surface area (Å²) >= 11 is 5.07. The number of benzene rings is 1. The molecule has 1 heterocycles. The summed E-state index contributed by atoms with van der Waals surface area (Å²) in [5.74, 6) is 0.282. The molecular formula is C16H19BrFNOS. The third kappa shape index (κ3) is 5.41. The summed E-state index contributed by atoms with van der Waals surface area (Å²) in [6.07, 6.45) is 0. The minimum atomic E-state index is -0.275. The fourth-order valence-corrected chi connectivity index (χ4v) is 3.13. The lowest BCUT2D eigenvalue weighted by atomic mass is 10.1. The van der Waals surface area contributed by atoms with Crippen LogP contribution in [0.3, 0.4) is 0 Å². The topological polar surface area (TPSA) is 21.3 Å². The Hall–Kier alpha value is -0.910. The predicted molar refractivity (Wildman–Crippen MR) is 89.3 cm³/mol. The largest absolute Gasteiger partial charge is 0.488 e. The summed E-state index contributed by atoms with van der Waals surface area (Å²) in [7, 11) is 0. The maximum atomic E-state index is 13.7. The van der Waals surface area contributed by atoms with E-state index in [1.165, 1.54) is 12.1 Å². The second-order valence-corrected chi connectivity index (χ2v) is 7.73. The molecule has 0 aliphatic rings. The Labute approximate surface area is 137 Å². The van der Waals surface area contributed by atoms with Gasteiger partial charge in [0.1, 0.15) is 18.2 Å². The van der Waals surface area contributed by atoms with E-state index in [1.54, 1.807) is 11.3 Å². The van der Waals surface area contributed by atoms with Gasteiger partial charge in [0, 0.05) is 22.6 Å². The number of hydrogen-bond acceptors (Lipinski definition) is 3. The summed E-state index contributed by atoms with van der Waals surface area (Å²) in [5, 5.41) is 5.34. The van der Waals surface area contributed by atoms with Crippen molar-refractivity contribution < 1.29 is 9.13 Å². The smallest absolute Gasteiger partial charge is 0.127 e. The van der Waals surface area contributed by atoms with Gasteiger partial charge in [0.15, 0.2) is 0 Å². The van der Waals surface area contributed by atoms with E-state index in [2.05, 4.69) is 42.0 Å². The van der Waals surface area contributed by atoms with Gasteiger partial charge >= 0.3 is 0 Å². The van der Waals surface area contributed by atoms with Crippen molar-refractivity contribution in [1.82, 2.24) is 5.32 Å². The maximum Gasteiger partial charge on any atom is 0.127 e. The van der Waals surface area contributed by atoms with Crippen LogP contribution in [0, 0.1) is 5.82 Å². The highest BCUT2D eigenvalue weighted by molar-refractivity contribution is 9.10. The molecule has 2 rings (SSSR count). The molecule has 2 nitrogen and oxygen atoms in total. The molecule has 0 spiro atoms. The first-order valence-corrected chi connectivity index (χ1v) is 8.40. The molecule has 0 radical (unpaired) electrons. The Kier molecular flexibility index (Phi) is 5.41. The van der Waals surface area contributed by atoms with Crippen molar-refractivity contribution in [2.24, 2.45) is 0 Å². The summed E-state index contributed by atoms with van der Waals surface area (Å²) in [6, 6.07) is 6.81. The summed E-state index contributed by atoms with van der Waals surface area (Å²) in [4.78, 5) is 1.09. The van der Waals surface area contributed by atoms with Gasteiger partial charge in [0.25, 0.3) is 0 Å². The van der Waals surface area contributed by atoms with Crippen molar-refractivity contribution in [1.29, 1.82) is 0 Å². The molecule has 21 heavy (non-hydrogen) atoms. The zero-order valence-corrected chi connectivity index (χ0v) is 14.8. The Morgan fingerprint density at radius 1 is 1.29 bits per heavy atom.